The molecular weight excluding hydrogens is 252 g/mol. The minimum Gasteiger partial charge on any atom is -0.466 e. The summed E-state index contributed by atoms with van der Waals surface area (Å²) >= 11 is 0. The number of nitrogens with one attached hydrogen (secondary N) is 1. The molecule has 1 N–H and O–H groups in total. The van der Waals surface area contributed by atoms with Gasteiger partial charge in [0.05, 0.1) is 12.0 Å². The molecule has 7 heteroatoms. The Balaban J connectivity index is 2.52. The number of ether oxygens (including phenoxy) is 1. The van der Waals surface area contributed by atoms with E-state index in [1.165, 1.54) is 43.5 Å². The van der Waals surface area contributed by atoms with E-state index in [2.05, 4.69) is 10.1 Å². The van der Waals surface area contributed by atoms with E-state index in [1.807, 2.05) is 0 Å². The fourth-order valence-corrected chi connectivity index (χ4v) is 1.21. The summed E-state index contributed by atoms with van der Waals surface area (Å²) in [4.78, 5) is 32.2. The molecule has 1 aromatic rings. The summed E-state index contributed by atoms with van der Waals surface area (Å²) in [5.41, 5.74) is 0.221. The van der Waals surface area contributed by atoms with Crippen molar-refractivity contribution in [1.29, 1.82) is 0 Å². The number of nitro benzene ring substituents is 1. The second-order valence-electron chi connectivity index (χ2n) is 3.44. The van der Waals surface area contributed by atoms with Gasteiger partial charge in [-0.3, -0.25) is 14.9 Å². The molecular formula is C12H12N2O5. The molecule has 1 amide bonds. The largest absolute Gasteiger partial charge is 0.466 e. The predicted molar refractivity (Wildman–Crippen MR) is 66.6 cm³/mol. The van der Waals surface area contributed by atoms with Gasteiger partial charge in [0.25, 0.3) is 11.6 Å². The number of benzene rings is 1. The summed E-state index contributed by atoms with van der Waals surface area (Å²) in [7, 11) is 1.25. The molecule has 0 heterocycles. The number of carbonyl (C=O) groups is 2. The number of hydrogen-bond donors (Lipinski definition) is 1. The first-order valence-corrected chi connectivity index (χ1v) is 5.31. The van der Waals surface area contributed by atoms with Crippen LogP contribution in [0.2, 0.25) is 0 Å². The Morgan fingerprint density at radius 2 is 2.00 bits per heavy atom. The van der Waals surface area contributed by atoms with E-state index < -0.39 is 10.9 Å². The summed E-state index contributed by atoms with van der Waals surface area (Å²) in [5, 5.41) is 13.0. The topological polar surface area (TPSA) is 98.5 Å². The minimum atomic E-state index is -0.541. The zero-order valence-electron chi connectivity index (χ0n) is 10.2. The van der Waals surface area contributed by atoms with E-state index in [0.29, 0.717) is 5.56 Å². The molecule has 0 fully saturated rings. The standard InChI is InChI=1S/C12H12N2O5/c1-19-11(15)3-2-8-13-12(16)9-4-6-10(7-5-9)14(17)18/h2-7H,8H2,1H3,(H,13,16)/b3-2+. The van der Waals surface area contributed by atoms with Gasteiger partial charge in [0.15, 0.2) is 0 Å². The lowest BCUT2D eigenvalue weighted by molar-refractivity contribution is -0.384. The van der Waals surface area contributed by atoms with Gasteiger partial charge in [0, 0.05) is 30.3 Å². The number of nitrogens with zero attached hydrogens (tertiary/aromatic N) is 1. The van der Waals surface area contributed by atoms with Gasteiger partial charge in [-0.25, -0.2) is 4.79 Å². The Hall–Kier alpha value is -2.70. The van der Waals surface area contributed by atoms with Crippen molar-refractivity contribution in [1.82, 2.24) is 5.32 Å². The summed E-state index contributed by atoms with van der Waals surface area (Å²) in [6, 6.07) is 5.22. The fraction of sp³-hybridized carbons (Fsp3) is 0.167. The van der Waals surface area contributed by atoms with Crippen LogP contribution in [-0.4, -0.2) is 30.5 Å². The highest BCUT2D eigenvalue weighted by Gasteiger charge is 2.08. The van der Waals surface area contributed by atoms with Gasteiger partial charge in [0.2, 0.25) is 0 Å². The first-order chi connectivity index (χ1) is 9.04. The third-order valence-corrected chi connectivity index (χ3v) is 2.18. The minimum absolute atomic E-state index is 0.0814. The summed E-state index contributed by atoms with van der Waals surface area (Å²) in [5.74, 6) is -0.894. The zero-order valence-corrected chi connectivity index (χ0v) is 10.2. The van der Waals surface area contributed by atoms with Crippen LogP contribution < -0.4 is 5.32 Å². The van der Waals surface area contributed by atoms with Crippen LogP contribution >= 0.6 is 0 Å². The van der Waals surface area contributed by atoms with E-state index in [9.17, 15) is 19.7 Å². The van der Waals surface area contributed by atoms with E-state index >= 15 is 0 Å². The summed E-state index contributed by atoms with van der Waals surface area (Å²) in [6.45, 7) is 0.158. The normalized spacial score (nSPS) is 10.2. The van der Waals surface area contributed by atoms with Gasteiger partial charge < -0.3 is 10.1 Å². The van der Waals surface area contributed by atoms with Gasteiger partial charge in [0.1, 0.15) is 0 Å². The summed E-state index contributed by atoms with van der Waals surface area (Å²) in [6.07, 6.45) is 2.63. The number of non-ortho nitro benzene ring substituents is 1. The average Bonchev–Trinajstić information content (AvgIpc) is 2.43. The van der Waals surface area contributed by atoms with Gasteiger partial charge in [-0.2, -0.15) is 0 Å². The van der Waals surface area contributed by atoms with E-state index in [-0.39, 0.29) is 18.1 Å². The van der Waals surface area contributed by atoms with Crippen LogP contribution in [0.5, 0.6) is 0 Å². The van der Waals surface area contributed by atoms with E-state index in [1.54, 1.807) is 0 Å². The molecule has 0 saturated carbocycles. The second kappa shape index (κ2) is 6.90. The molecule has 1 aromatic carbocycles. The lowest BCUT2D eigenvalue weighted by atomic mass is 10.2. The molecule has 0 spiro atoms. The monoisotopic (exact) mass is 264 g/mol. The maximum absolute atomic E-state index is 11.6. The Morgan fingerprint density at radius 3 is 2.53 bits per heavy atom. The van der Waals surface area contributed by atoms with E-state index in [4.69, 9.17) is 0 Å². The molecule has 1 rings (SSSR count). The molecule has 0 unspecified atom stereocenters. The number of rotatable bonds is 5. The van der Waals surface area contributed by atoms with Crippen molar-refractivity contribution in [3.8, 4) is 0 Å². The highest BCUT2D eigenvalue weighted by Crippen LogP contribution is 2.11. The zero-order chi connectivity index (χ0) is 14.3. The molecule has 0 bridgehead atoms. The van der Waals surface area contributed by atoms with E-state index in [0.717, 1.165) is 0 Å². The predicted octanol–water partition coefficient (Wildman–Crippen LogP) is 1.05. The van der Waals surface area contributed by atoms with Crippen LogP contribution in [0, 0.1) is 10.1 Å². The van der Waals surface area contributed by atoms with Crippen molar-refractivity contribution in [3.63, 3.8) is 0 Å². The molecule has 0 aliphatic carbocycles. The first kappa shape index (κ1) is 14.4. The Bertz CT molecular complexity index is 507. The molecule has 0 aromatic heterocycles. The SMILES string of the molecule is COC(=O)/C=C/CNC(=O)c1ccc([N+](=O)[O-])cc1. The Morgan fingerprint density at radius 1 is 1.37 bits per heavy atom. The number of hydrogen-bond acceptors (Lipinski definition) is 5. The van der Waals surface area contributed by atoms with Crippen molar-refractivity contribution in [3.05, 3.63) is 52.1 Å². The average molecular weight is 264 g/mol. The van der Waals surface area contributed by atoms with Gasteiger partial charge >= 0.3 is 5.97 Å². The molecule has 0 atom stereocenters. The van der Waals surface area contributed by atoms with Crippen LogP contribution in [0.4, 0.5) is 5.69 Å². The van der Waals surface area contributed by atoms with Gasteiger partial charge in [-0.15, -0.1) is 0 Å². The van der Waals surface area contributed by atoms with Crippen molar-refractivity contribution in [2.24, 2.45) is 0 Å². The molecule has 7 nitrogen and oxygen atoms in total. The lowest BCUT2D eigenvalue weighted by Gasteiger charge is -2.01. The number of amides is 1. The highest BCUT2D eigenvalue weighted by atomic mass is 16.6. The number of carbonyl (C=O) groups excluding carboxylic acids is 2. The van der Waals surface area contributed by atoms with Crippen LogP contribution in [0.3, 0.4) is 0 Å². The third-order valence-electron chi connectivity index (χ3n) is 2.18. The number of methoxy groups -OCH3 is 1. The molecule has 100 valence electrons. The highest BCUT2D eigenvalue weighted by molar-refractivity contribution is 5.94. The van der Waals surface area contributed by atoms with Crippen LogP contribution in [0.1, 0.15) is 10.4 Å². The first-order valence-electron chi connectivity index (χ1n) is 5.31. The smallest absolute Gasteiger partial charge is 0.330 e. The molecule has 19 heavy (non-hydrogen) atoms. The Labute approximate surface area is 109 Å². The second-order valence-corrected chi connectivity index (χ2v) is 3.44. The van der Waals surface area contributed by atoms with Crippen LogP contribution in [0.15, 0.2) is 36.4 Å². The molecule has 0 aliphatic heterocycles. The lowest BCUT2D eigenvalue weighted by Crippen LogP contribution is -2.23. The van der Waals surface area contributed by atoms with Crippen molar-refractivity contribution < 1.29 is 19.2 Å². The maximum Gasteiger partial charge on any atom is 0.330 e. The van der Waals surface area contributed by atoms with Gasteiger partial charge in [-0.05, 0) is 12.1 Å². The van der Waals surface area contributed by atoms with Crippen molar-refractivity contribution in [2.75, 3.05) is 13.7 Å². The fourth-order valence-electron chi connectivity index (χ4n) is 1.21. The molecule has 0 saturated heterocycles. The quantitative estimate of drug-likeness (QED) is 0.371. The number of nitro groups is 1. The summed E-state index contributed by atoms with van der Waals surface area (Å²) < 4.78 is 4.38. The third kappa shape index (κ3) is 4.58. The van der Waals surface area contributed by atoms with Crippen LogP contribution in [0.25, 0.3) is 0 Å². The number of esters is 1. The maximum atomic E-state index is 11.6. The van der Waals surface area contributed by atoms with Crippen molar-refractivity contribution in [2.45, 2.75) is 0 Å². The Kier molecular flexibility index (Phi) is 5.21. The molecule has 0 aliphatic rings. The van der Waals surface area contributed by atoms with Crippen LogP contribution in [-0.2, 0) is 9.53 Å². The molecule has 0 radical (unpaired) electrons. The van der Waals surface area contributed by atoms with Gasteiger partial charge in [-0.1, -0.05) is 6.08 Å². The van der Waals surface area contributed by atoms with Crippen molar-refractivity contribution >= 4 is 17.6 Å².